The number of hydrogen-bond acceptors (Lipinski definition) is 3. The second kappa shape index (κ2) is 10.5. The van der Waals surface area contributed by atoms with Crippen LogP contribution in [0.4, 0.5) is 10.1 Å². The highest BCUT2D eigenvalue weighted by atomic mass is 19.1. The van der Waals surface area contributed by atoms with Crippen LogP contribution in [0.1, 0.15) is 56.3 Å². The topological polar surface area (TPSA) is 47.4 Å². The molecule has 1 unspecified atom stereocenters. The number of carbonyl (C=O) groups excluding carboxylic acids is 1. The van der Waals surface area contributed by atoms with Crippen LogP contribution in [0.2, 0.25) is 0 Å². The minimum Gasteiger partial charge on any atom is -0.493 e. The van der Waals surface area contributed by atoms with Gasteiger partial charge >= 0.3 is 0 Å². The van der Waals surface area contributed by atoms with Crippen LogP contribution in [0.15, 0.2) is 72.8 Å². The number of carbonyl (C=O) groups is 1. The lowest BCUT2D eigenvalue weighted by Crippen LogP contribution is -2.24. The Hall–Kier alpha value is -3.67. The second-order valence-electron chi connectivity index (χ2n) is 9.74. The highest BCUT2D eigenvalue weighted by molar-refractivity contribution is 5.96. The number of nitrogens with zero attached hydrogens (tertiary/aromatic N) is 3. The Bertz CT molecular complexity index is 1360. The number of aromatic nitrogens is 2. The van der Waals surface area contributed by atoms with Gasteiger partial charge in [0.1, 0.15) is 17.4 Å². The average molecular weight is 486 g/mol. The van der Waals surface area contributed by atoms with Crippen LogP contribution >= 0.6 is 0 Å². The van der Waals surface area contributed by atoms with Gasteiger partial charge in [0.05, 0.1) is 17.6 Å². The fourth-order valence-electron chi connectivity index (χ4n) is 5.06. The molecule has 0 bridgehead atoms. The predicted octanol–water partition coefficient (Wildman–Crippen LogP) is 6.68. The Kier molecular flexibility index (Phi) is 7.03. The summed E-state index contributed by atoms with van der Waals surface area (Å²) in [4.78, 5) is 19.5. The minimum absolute atomic E-state index is 0.00132. The summed E-state index contributed by atoms with van der Waals surface area (Å²) in [6.07, 6.45) is 2.22. The third-order valence-corrected chi connectivity index (χ3v) is 6.87. The van der Waals surface area contributed by atoms with E-state index in [-0.39, 0.29) is 17.6 Å². The molecule has 2 heterocycles. The van der Waals surface area contributed by atoms with Crippen molar-refractivity contribution in [2.45, 2.75) is 51.5 Å². The van der Waals surface area contributed by atoms with E-state index in [1.165, 1.54) is 17.7 Å². The van der Waals surface area contributed by atoms with Crippen LogP contribution in [0.5, 0.6) is 5.75 Å². The first-order valence-corrected chi connectivity index (χ1v) is 12.7. The van der Waals surface area contributed by atoms with Gasteiger partial charge in [-0.15, -0.1) is 0 Å². The standard InChI is InChI=1S/C30H32FN3O2/c1-21(2)25-12-3-6-15-28(25)36-17-8-7-16-33-27-14-5-4-13-26(27)32-30(33)22-18-29(35)34(20-22)24-11-9-10-23(31)19-24/h3-6,9-15,19,21-22H,7-8,16-18,20H2,1-2H3. The van der Waals surface area contributed by atoms with E-state index in [1.807, 2.05) is 30.3 Å². The third-order valence-electron chi connectivity index (χ3n) is 6.87. The molecule has 186 valence electrons. The number of imidazole rings is 1. The van der Waals surface area contributed by atoms with E-state index < -0.39 is 0 Å². The largest absolute Gasteiger partial charge is 0.493 e. The first-order chi connectivity index (χ1) is 17.5. The Labute approximate surface area is 211 Å². The van der Waals surface area contributed by atoms with Gasteiger partial charge in [-0.25, -0.2) is 9.37 Å². The molecule has 3 aromatic carbocycles. The molecule has 5 rings (SSSR count). The molecule has 1 aliphatic rings. The number of para-hydroxylation sites is 3. The van der Waals surface area contributed by atoms with Gasteiger partial charge in [-0.05, 0) is 60.7 Å². The van der Waals surface area contributed by atoms with E-state index in [1.54, 1.807) is 17.0 Å². The molecular formula is C30H32FN3O2. The molecule has 36 heavy (non-hydrogen) atoms. The second-order valence-corrected chi connectivity index (χ2v) is 9.74. The van der Waals surface area contributed by atoms with Crippen molar-refractivity contribution in [3.8, 4) is 5.75 Å². The van der Waals surface area contributed by atoms with E-state index >= 15 is 0 Å². The van der Waals surface area contributed by atoms with E-state index in [0.29, 0.717) is 31.2 Å². The van der Waals surface area contributed by atoms with Crippen LogP contribution in [0.25, 0.3) is 11.0 Å². The zero-order chi connectivity index (χ0) is 25.1. The molecule has 0 saturated carbocycles. The van der Waals surface area contributed by atoms with Gasteiger partial charge in [0.2, 0.25) is 5.91 Å². The van der Waals surface area contributed by atoms with Crippen LogP contribution in [-0.2, 0) is 11.3 Å². The molecule has 1 saturated heterocycles. The smallest absolute Gasteiger partial charge is 0.227 e. The first-order valence-electron chi connectivity index (χ1n) is 12.7. The molecule has 1 atom stereocenters. The van der Waals surface area contributed by atoms with Crippen molar-refractivity contribution in [1.29, 1.82) is 0 Å². The van der Waals surface area contributed by atoms with Crippen LogP contribution < -0.4 is 9.64 Å². The van der Waals surface area contributed by atoms with Gasteiger partial charge in [-0.2, -0.15) is 0 Å². The summed E-state index contributed by atoms with van der Waals surface area (Å²) >= 11 is 0. The summed E-state index contributed by atoms with van der Waals surface area (Å²) in [5.41, 5.74) is 3.85. The number of rotatable bonds is 9. The Morgan fingerprint density at radius 3 is 2.67 bits per heavy atom. The lowest BCUT2D eigenvalue weighted by Gasteiger charge is -2.18. The number of aryl methyl sites for hydroxylation is 1. The van der Waals surface area contributed by atoms with Crippen LogP contribution in [-0.4, -0.2) is 28.6 Å². The van der Waals surface area contributed by atoms with Crippen molar-refractivity contribution < 1.29 is 13.9 Å². The third kappa shape index (κ3) is 4.99. The van der Waals surface area contributed by atoms with E-state index in [4.69, 9.17) is 9.72 Å². The highest BCUT2D eigenvalue weighted by Gasteiger charge is 2.34. The van der Waals surface area contributed by atoms with Gasteiger partial charge in [0, 0.05) is 31.1 Å². The van der Waals surface area contributed by atoms with Crippen molar-refractivity contribution in [1.82, 2.24) is 9.55 Å². The molecule has 5 nitrogen and oxygen atoms in total. The van der Waals surface area contributed by atoms with Crippen LogP contribution in [0.3, 0.4) is 0 Å². The quantitative estimate of drug-likeness (QED) is 0.249. The molecule has 1 aromatic heterocycles. The van der Waals surface area contributed by atoms with E-state index in [2.05, 4.69) is 36.6 Å². The number of unbranched alkanes of at least 4 members (excludes halogenated alkanes) is 1. The van der Waals surface area contributed by atoms with Gasteiger partial charge in [0.15, 0.2) is 0 Å². The number of anilines is 1. The van der Waals surface area contributed by atoms with Gasteiger partial charge in [-0.3, -0.25) is 4.79 Å². The van der Waals surface area contributed by atoms with Gasteiger partial charge in [0.25, 0.3) is 0 Å². The maximum atomic E-state index is 13.8. The number of fused-ring (bicyclic) bond motifs is 1. The fourth-order valence-corrected chi connectivity index (χ4v) is 5.06. The summed E-state index contributed by atoms with van der Waals surface area (Å²) in [6, 6.07) is 22.6. The Morgan fingerprint density at radius 2 is 1.83 bits per heavy atom. The molecule has 1 amide bonds. The average Bonchev–Trinajstić information content (AvgIpc) is 3.44. The summed E-state index contributed by atoms with van der Waals surface area (Å²) in [5.74, 6) is 1.93. The molecular weight excluding hydrogens is 453 g/mol. The first kappa shape index (κ1) is 24.0. The van der Waals surface area contributed by atoms with E-state index in [0.717, 1.165) is 42.0 Å². The molecule has 0 N–H and O–H groups in total. The molecule has 1 fully saturated rings. The zero-order valence-electron chi connectivity index (χ0n) is 20.9. The Balaban J connectivity index is 1.29. The maximum Gasteiger partial charge on any atom is 0.227 e. The SMILES string of the molecule is CC(C)c1ccccc1OCCCCn1c(C2CC(=O)N(c3cccc(F)c3)C2)nc2ccccc21. The summed E-state index contributed by atoms with van der Waals surface area (Å²) in [5, 5.41) is 0. The minimum atomic E-state index is -0.339. The van der Waals surface area contributed by atoms with Crippen molar-refractivity contribution >= 4 is 22.6 Å². The summed E-state index contributed by atoms with van der Waals surface area (Å²) in [6.45, 7) is 6.31. The predicted molar refractivity (Wildman–Crippen MR) is 141 cm³/mol. The molecule has 6 heteroatoms. The molecule has 0 aliphatic carbocycles. The van der Waals surface area contributed by atoms with Gasteiger partial charge in [-0.1, -0.05) is 50.2 Å². The lowest BCUT2D eigenvalue weighted by molar-refractivity contribution is -0.117. The van der Waals surface area contributed by atoms with Crippen molar-refractivity contribution in [3.63, 3.8) is 0 Å². The van der Waals surface area contributed by atoms with Crippen molar-refractivity contribution in [2.24, 2.45) is 0 Å². The molecule has 1 aliphatic heterocycles. The van der Waals surface area contributed by atoms with Crippen LogP contribution in [0, 0.1) is 5.82 Å². The summed E-state index contributed by atoms with van der Waals surface area (Å²) < 4.78 is 22.1. The fraction of sp³-hybridized carbons (Fsp3) is 0.333. The number of halogens is 1. The number of hydrogen-bond donors (Lipinski definition) is 0. The van der Waals surface area contributed by atoms with E-state index in [9.17, 15) is 9.18 Å². The maximum absolute atomic E-state index is 13.8. The lowest BCUT2D eigenvalue weighted by atomic mass is 10.0. The zero-order valence-corrected chi connectivity index (χ0v) is 20.9. The molecule has 0 spiro atoms. The monoisotopic (exact) mass is 485 g/mol. The Morgan fingerprint density at radius 1 is 1.03 bits per heavy atom. The summed E-state index contributed by atoms with van der Waals surface area (Å²) in [7, 11) is 0. The molecule has 4 aromatic rings. The number of benzene rings is 3. The van der Waals surface area contributed by atoms with Crippen molar-refractivity contribution in [2.75, 3.05) is 18.1 Å². The van der Waals surface area contributed by atoms with Crippen molar-refractivity contribution in [3.05, 3.63) is 90.0 Å². The van der Waals surface area contributed by atoms with Gasteiger partial charge < -0.3 is 14.2 Å². The normalized spacial score (nSPS) is 15.8. The molecule has 0 radical (unpaired) electrons. The number of ether oxygens (including phenoxy) is 1. The highest BCUT2D eigenvalue weighted by Crippen LogP contribution is 2.33. The number of amides is 1.